The van der Waals surface area contributed by atoms with E-state index >= 15 is 0 Å². The van der Waals surface area contributed by atoms with Crippen molar-refractivity contribution in [3.05, 3.63) is 58.4 Å². The number of Topliss-reactive ketones (excluding diaryl/α,β-unsaturated/α-hetero) is 1. The van der Waals surface area contributed by atoms with Crippen molar-refractivity contribution in [2.24, 2.45) is 0 Å². The van der Waals surface area contributed by atoms with E-state index in [1.165, 1.54) is 17.8 Å². The predicted octanol–water partition coefficient (Wildman–Crippen LogP) is 2.26. The van der Waals surface area contributed by atoms with E-state index in [9.17, 15) is 27.9 Å². The van der Waals surface area contributed by atoms with E-state index in [1.807, 2.05) is 0 Å². The quantitative estimate of drug-likeness (QED) is 0.362. The van der Waals surface area contributed by atoms with Crippen molar-refractivity contribution in [3.8, 4) is 11.4 Å². The molecule has 2 aromatic carbocycles. The van der Waals surface area contributed by atoms with Crippen LogP contribution in [0, 0.1) is 39.9 Å². The zero-order valence-electron chi connectivity index (χ0n) is 13.6. The van der Waals surface area contributed by atoms with Crippen LogP contribution in [0.4, 0.5) is 13.2 Å². The van der Waals surface area contributed by atoms with Crippen molar-refractivity contribution in [2.75, 3.05) is 0 Å². The summed E-state index contributed by atoms with van der Waals surface area (Å²) in [5, 5.41) is 10.3. The van der Waals surface area contributed by atoms with Gasteiger partial charge in [0.2, 0.25) is 0 Å². The Morgan fingerprint density at radius 3 is 2.25 bits per heavy atom. The molecule has 0 aliphatic carbocycles. The van der Waals surface area contributed by atoms with Gasteiger partial charge in [-0.05, 0) is 24.3 Å². The van der Waals surface area contributed by atoms with Crippen LogP contribution in [0.25, 0.3) is 16.6 Å². The zero-order chi connectivity index (χ0) is 17.9. The fraction of sp³-hybridized carbons (Fsp3) is 0.0588. The summed E-state index contributed by atoms with van der Waals surface area (Å²) in [6.45, 7) is 0. The fourth-order valence-corrected chi connectivity index (χ4v) is 3.99. The second kappa shape index (κ2) is 8.48. The second-order valence-electron chi connectivity index (χ2n) is 5.41. The first kappa shape index (κ1) is 24.5. The van der Waals surface area contributed by atoms with Crippen LogP contribution >= 0.6 is 11.8 Å². The van der Waals surface area contributed by atoms with Gasteiger partial charge in [0.1, 0.15) is 11.3 Å². The molecule has 5 N–H and O–H groups in total. The van der Waals surface area contributed by atoms with Crippen LogP contribution in [0.15, 0.2) is 57.1 Å². The SMILES string of the molecule is O.O.O=C(c1c(O)c2cccc3c2n(c1=O)-c1ccccc1S3)C(F)(F)F.[Gd]. The van der Waals surface area contributed by atoms with Gasteiger partial charge in [-0.25, -0.2) is 0 Å². The van der Waals surface area contributed by atoms with E-state index in [4.69, 9.17) is 0 Å². The molecule has 150 valence electrons. The molecule has 2 heterocycles. The van der Waals surface area contributed by atoms with Gasteiger partial charge >= 0.3 is 6.18 Å². The Labute approximate surface area is 191 Å². The summed E-state index contributed by atoms with van der Waals surface area (Å²) in [5.41, 5.74) is -1.80. The average molecular weight is 557 g/mol. The van der Waals surface area contributed by atoms with Crippen molar-refractivity contribution in [3.63, 3.8) is 0 Å². The molecule has 0 saturated carbocycles. The second-order valence-corrected chi connectivity index (χ2v) is 6.50. The summed E-state index contributed by atoms with van der Waals surface area (Å²) in [4.78, 5) is 25.7. The summed E-state index contributed by atoms with van der Waals surface area (Å²) in [7, 11) is 0. The third kappa shape index (κ3) is 3.58. The number of ketones is 1. The zero-order valence-corrected chi connectivity index (χ0v) is 16.7. The van der Waals surface area contributed by atoms with Crippen molar-refractivity contribution in [1.29, 1.82) is 0 Å². The summed E-state index contributed by atoms with van der Waals surface area (Å²) in [6.07, 6.45) is -5.27. The molecule has 11 heteroatoms. The fourth-order valence-electron chi connectivity index (χ4n) is 2.90. The molecular formula is C17H12F3GdNO5S. The summed E-state index contributed by atoms with van der Waals surface area (Å²) < 4.78 is 39.8. The van der Waals surface area contributed by atoms with Crippen molar-refractivity contribution < 1.29 is 74.0 Å². The molecule has 1 aromatic heterocycles. The number of para-hydroxylation sites is 2. The van der Waals surface area contributed by atoms with Crippen molar-refractivity contribution >= 4 is 28.4 Å². The molecule has 0 radical (unpaired) electrons. The molecule has 3 aromatic rings. The number of hydrogen-bond donors (Lipinski definition) is 1. The van der Waals surface area contributed by atoms with E-state index in [1.54, 1.807) is 36.4 Å². The number of carbonyl (C=O) groups excluding carboxylic acids is 1. The monoisotopic (exact) mass is 557 g/mol. The number of halogens is 3. The van der Waals surface area contributed by atoms with Crippen molar-refractivity contribution in [2.45, 2.75) is 16.0 Å². The number of rotatable bonds is 1. The number of fused-ring (bicyclic) bond motifs is 2. The third-order valence-electron chi connectivity index (χ3n) is 3.94. The van der Waals surface area contributed by atoms with Gasteiger partial charge in [-0.1, -0.05) is 30.0 Å². The molecule has 0 spiro atoms. The maximum atomic E-state index is 12.9. The first-order valence-electron chi connectivity index (χ1n) is 7.10. The van der Waals surface area contributed by atoms with Crippen LogP contribution in [0.2, 0.25) is 0 Å². The molecule has 4 rings (SSSR count). The number of carbonyl (C=O) groups is 1. The number of aromatic nitrogens is 1. The minimum absolute atomic E-state index is 0. The normalized spacial score (nSPS) is 11.5. The van der Waals surface area contributed by atoms with Crippen LogP contribution in [0.1, 0.15) is 10.4 Å². The van der Waals surface area contributed by atoms with Gasteiger partial charge in [0, 0.05) is 55.1 Å². The number of pyridine rings is 1. The van der Waals surface area contributed by atoms with Gasteiger partial charge in [-0.2, -0.15) is 13.2 Å². The van der Waals surface area contributed by atoms with E-state index in [0.717, 1.165) is 4.57 Å². The maximum absolute atomic E-state index is 12.9. The molecule has 1 aliphatic heterocycles. The molecule has 0 fully saturated rings. The third-order valence-corrected chi connectivity index (χ3v) is 5.06. The molecular weight excluding hydrogens is 544 g/mol. The summed E-state index contributed by atoms with van der Waals surface area (Å²) in [5.74, 6) is -3.30. The van der Waals surface area contributed by atoms with Gasteiger partial charge in [-0.15, -0.1) is 0 Å². The minimum Gasteiger partial charge on any atom is -0.506 e. The van der Waals surface area contributed by atoms with Crippen LogP contribution < -0.4 is 5.56 Å². The van der Waals surface area contributed by atoms with E-state index in [2.05, 4.69) is 0 Å². The molecule has 0 unspecified atom stereocenters. The van der Waals surface area contributed by atoms with Gasteiger partial charge in [0.25, 0.3) is 11.3 Å². The summed E-state index contributed by atoms with van der Waals surface area (Å²) >= 11 is 1.33. The molecule has 0 bridgehead atoms. The van der Waals surface area contributed by atoms with Gasteiger partial charge in [0.05, 0.1) is 11.2 Å². The molecule has 6 nitrogen and oxygen atoms in total. The minimum atomic E-state index is -5.27. The Kier molecular flexibility index (Phi) is 7.43. The standard InChI is InChI=1S/C17H8F3NO3S.Gd.2H2O/c18-17(19,20)15(23)12-14(22)8-4-3-7-11-13(8)21(16(12)24)9-5-1-2-6-10(9)25-11;;;/h1-7,22H;;2*1H2. The predicted molar refractivity (Wildman–Crippen MR) is 92.9 cm³/mol. The van der Waals surface area contributed by atoms with Gasteiger partial charge in [-0.3, -0.25) is 14.2 Å². The number of hydrogen-bond acceptors (Lipinski definition) is 4. The Morgan fingerprint density at radius 2 is 1.61 bits per heavy atom. The first-order chi connectivity index (χ1) is 11.8. The maximum Gasteiger partial charge on any atom is 0.455 e. The Bertz CT molecular complexity index is 1130. The number of benzene rings is 2. The Morgan fingerprint density at radius 1 is 1.00 bits per heavy atom. The Hall–Kier alpha value is -1.50. The largest absolute Gasteiger partial charge is 0.506 e. The van der Waals surface area contributed by atoms with Gasteiger partial charge < -0.3 is 16.1 Å². The molecule has 0 atom stereocenters. The smallest absolute Gasteiger partial charge is 0.455 e. The first-order valence-corrected chi connectivity index (χ1v) is 7.92. The van der Waals surface area contributed by atoms with Crippen LogP contribution in [-0.4, -0.2) is 32.6 Å². The number of nitrogens with zero attached hydrogens (tertiary/aromatic N) is 1. The van der Waals surface area contributed by atoms with Gasteiger partial charge in [0.15, 0.2) is 0 Å². The van der Waals surface area contributed by atoms with Crippen molar-refractivity contribution in [1.82, 2.24) is 4.57 Å². The molecule has 28 heavy (non-hydrogen) atoms. The molecule has 0 saturated heterocycles. The number of alkyl halides is 3. The van der Waals surface area contributed by atoms with E-state index in [0.29, 0.717) is 15.5 Å². The topological polar surface area (TPSA) is 122 Å². The molecule has 1 aliphatic rings. The van der Waals surface area contributed by atoms with Crippen LogP contribution in [0.5, 0.6) is 5.75 Å². The van der Waals surface area contributed by atoms with E-state index < -0.39 is 28.8 Å². The summed E-state index contributed by atoms with van der Waals surface area (Å²) in [6, 6.07) is 11.3. The average Bonchev–Trinajstić information content (AvgIpc) is 2.57. The van der Waals surface area contributed by atoms with Crippen LogP contribution in [0.3, 0.4) is 0 Å². The van der Waals surface area contributed by atoms with E-state index in [-0.39, 0.29) is 61.8 Å². The molecule has 0 amide bonds. The van der Waals surface area contributed by atoms with Crippen LogP contribution in [-0.2, 0) is 0 Å². The Balaban J connectivity index is 0.00000131. The number of aromatic hydroxyl groups is 1.